The molecule has 6 rings (SSSR count). The molecule has 3 N–H and O–H groups in total. The molecule has 2 aromatic rings. The maximum absolute atomic E-state index is 13.7. The van der Waals surface area contributed by atoms with Crippen molar-refractivity contribution in [2.24, 2.45) is 11.3 Å². The summed E-state index contributed by atoms with van der Waals surface area (Å²) in [5.41, 5.74) is 0.621. The number of piperidine rings is 1. The Hall–Kier alpha value is -3.69. The van der Waals surface area contributed by atoms with Crippen molar-refractivity contribution < 1.29 is 28.4 Å². The van der Waals surface area contributed by atoms with Gasteiger partial charge in [-0.2, -0.15) is 0 Å². The van der Waals surface area contributed by atoms with Crippen molar-refractivity contribution in [3.8, 4) is 0 Å². The highest BCUT2D eigenvalue weighted by atomic mass is 16.3. The van der Waals surface area contributed by atoms with Crippen LogP contribution in [0.3, 0.4) is 0 Å². The number of hydrogen-bond donors (Lipinski definition) is 3. The van der Waals surface area contributed by atoms with Gasteiger partial charge in [-0.05, 0) is 68.9 Å². The van der Waals surface area contributed by atoms with E-state index in [9.17, 15) is 24.0 Å². The minimum Gasteiger partial charge on any atom is -0.451 e. The number of nitrogens with zero attached hydrogens (tertiary/aromatic N) is 1. The zero-order chi connectivity index (χ0) is 26.4. The van der Waals surface area contributed by atoms with Gasteiger partial charge in [0, 0.05) is 30.4 Å². The van der Waals surface area contributed by atoms with Crippen molar-refractivity contribution >= 4 is 40.4 Å². The topological polar surface area (TPSA) is 138 Å². The van der Waals surface area contributed by atoms with Gasteiger partial charge in [0.05, 0.1) is 6.04 Å². The predicted octanol–water partition coefficient (Wildman–Crippen LogP) is 1.68. The largest absolute Gasteiger partial charge is 0.451 e. The molecule has 1 unspecified atom stereocenters. The second-order valence-corrected chi connectivity index (χ2v) is 11.3. The van der Waals surface area contributed by atoms with Gasteiger partial charge in [0.15, 0.2) is 5.76 Å². The summed E-state index contributed by atoms with van der Waals surface area (Å²) in [4.78, 5) is 66.8. The van der Waals surface area contributed by atoms with Crippen LogP contribution in [0.1, 0.15) is 61.9 Å². The monoisotopic (exact) mass is 520 g/mol. The van der Waals surface area contributed by atoms with E-state index in [1.807, 2.05) is 18.2 Å². The number of benzene rings is 1. The van der Waals surface area contributed by atoms with Crippen LogP contribution in [0, 0.1) is 11.3 Å². The number of likely N-dealkylation sites (tertiary alicyclic amines) is 1. The fraction of sp³-hybridized carbons (Fsp3) is 0.536. The number of furan rings is 1. The number of para-hydroxylation sites is 1. The summed E-state index contributed by atoms with van der Waals surface area (Å²) in [5, 5.41) is 9.02. The number of amides is 4. The van der Waals surface area contributed by atoms with Gasteiger partial charge < -0.3 is 25.3 Å². The summed E-state index contributed by atoms with van der Waals surface area (Å²) in [6.07, 6.45) is 5.51. The van der Waals surface area contributed by atoms with Crippen LogP contribution < -0.4 is 16.0 Å². The van der Waals surface area contributed by atoms with E-state index >= 15 is 0 Å². The first-order chi connectivity index (χ1) is 18.3. The van der Waals surface area contributed by atoms with Crippen molar-refractivity contribution in [2.45, 2.75) is 69.5 Å². The van der Waals surface area contributed by atoms with E-state index < -0.39 is 35.6 Å². The highest BCUT2D eigenvalue weighted by Gasteiger charge is 2.52. The summed E-state index contributed by atoms with van der Waals surface area (Å²) in [6, 6.07) is 7.06. The molecule has 0 bridgehead atoms. The molecule has 200 valence electrons. The molecule has 4 amide bonds. The van der Waals surface area contributed by atoms with Crippen LogP contribution in [-0.2, 0) is 19.2 Å². The molecule has 1 spiro atoms. The second-order valence-electron chi connectivity index (χ2n) is 11.3. The Labute approximate surface area is 219 Å². The summed E-state index contributed by atoms with van der Waals surface area (Å²) < 4.78 is 5.80. The maximum atomic E-state index is 13.7. The normalized spacial score (nSPS) is 24.6. The minimum absolute atomic E-state index is 0.0115. The molecule has 2 saturated heterocycles. The highest BCUT2D eigenvalue weighted by Crippen LogP contribution is 2.55. The molecular formula is C28H32N4O6. The van der Waals surface area contributed by atoms with E-state index in [2.05, 4.69) is 16.0 Å². The molecule has 2 aliphatic heterocycles. The van der Waals surface area contributed by atoms with Crippen LogP contribution in [-0.4, -0.2) is 65.5 Å². The van der Waals surface area contributed by atoms with Crippen LogP contribution in [0.2, 0.25) is 0 Å². The molecule has 1 aromatic carbocycles. The van der Waals surface area contributed by atoms with Crippen molar-refractivity contribution in [3.05, 3.63) is 36.1 Å². The Balaban J connectivity index is 1.23. The van der Waals surface area contributed by atoms with Gasteiger partial charge in [0.2, 0.25) is 17.6 Å². The summed E-state index contributed by atoms with van der Waals surface area (Å²) >= 11 is 0. The average Bonchev–Trinajstić information content (AvgIpc) is 3.80. The fourth-order valence-corrected chi connectivity index (χ4v) is 5.77. The van der Waals surface area contributed by atoms with Gasteiger partial charge >= 0.3 is 0 Å². The fourth-order valence-electron chi connectivity index (χ4n) is 5.77. The third-order valence-electron chi connectivity index (χ3n) is 8.49. The third-order valence-corrected chi connectivity index (χ3v) is 8.49. The highest BCUT2D eigenvalue weighted by molar-refractivity contribution is 6.38. The molecular weight excluding hydrogens is 488 g/mol. The van der Waals surface area contributed by atoms with E-state index in [1.165, 1.54) is 4.90 Å². The number of nitrogens with one attached hydrogen (secondary N) is 3. The number of carbonyl (C=O) groups is 5. The minimum atomic E-state index is -1.14. The molecule has 2 saturated carbocycles. The molecule has 4 aliphatic rings. The molecule has 10 nitrogen and oxygen atoms in total. The smallest absolute Gasteiger partial charge is 0.290 e. The number of carbonyl (C=O) groups excluding carboxylic acids is 5. The molecule has 3 atom stereocenters. The van der Waals surface area contributed by atoms with Crippen molar-refractivity contribution in [2.75, 3.05) is 13.1 Å². The van der Waals surface area contributed by atoms with E-state index in [4.69, 9.17) is 4.42 Å². The van der Waals surface area contributed by atoms with Gasteiger partial charge in [-0.15, -0.1) is 0 Å². The van der Waals surface area contributed by atoms with Crippen LogP contribution in [0.4, 0.5) is 0 Å². The van der Waals surface area contributed by atoms with E-state index in [1.54, 1.807) is 12.1 Å². The third kappa shape index (κ3) is 4.91. The molecule has 1 aromatic heterocycles. The zero-order valence-electron chi connectivity index (χ0n) is 21.2. The maximum Gasteiger partial charge on any atom is 0.290 e. The van der Waals surface area contributed by atoms with Gasteiger partial charge in [-0.3, -0.25) is 24.0 Å². The lowest BCUT2D eigenvalue weighted by atomic mass is 9.86. The Morgan fingerprint density at radius 1 is 1.11 bits per heavy atom. The van der Waals surface area contributed by atoms with Crippen LogP contribution in [0.15, 0.2) is 34.7 Å². The number of Topliss-reactive ketones (excluding diaryl/α,β-unsaturated/α-hetero) is 1. The van der Waals surface area contributed by atoms with Gasteiger partial charge in [-0.25, -0.2) is 0 Å². The lowest BCUT2D eigenvalue weighted by molar-refractivity contribution is -0.141. The van der Waals surface area contributed by atoms with Crippen molar-refractivity contribution in [1.82, 2.24) is 20.9 Å². The van der Waals surface area contributed by atoms with E-state index in [0.29, 0.717) is 31.5 Å². The Kier molecular flexibility index (Phi) is 6.20. The van der Waals surface area contributed by atoms with Crippen LogP contribution >= 0.6 is 0 Å². The molecule has 10 heteroatoms. The molecule has 38 heavy (non-hydrogen) atoms. The predicted molar refractivity (Wildman–Crippen MR) is 136 cm³/mol. The first-order valence-electron chi connectivity index (χ1n) is 13.5. The van der Waals surface area contributed by atoms with Crippen molar-refractivity contribution in [3.63, 3.8) is 0 Å². The Morgan fingerprint density at radius 2 is 1.89 bits per heavy atom. The first kappa shape index (κ1) is 24.6. The summed E-state index contributed by atoms with van der Waals surface area (Å²) in [7, 11) is 0. The first-order valence-corrected chi connectivity index (χ1v) is 13.5. The lowest BCUT2D eigenvalue weighted by Crippen LogP contribution is -2.58. The number of hydrogen-bond acceptors (Lipinski definition) is 6. The zero-order valence-corrected chi connectivity index (χ0v) is 21.2. The SMILES string of the molecule is O=C(NC1CC1)C(=O)[C@H](CC1CCNC1=O)NC(=O)[C@@H]1CC2(CCN1C(=O)c1cc3ccccc3o1)CC2. The number of rotatable bonds is 8. The number of ketones is 1. The quantitative estimate of drug-likeness (QED) is 0.453. The Morgan fingerprint density at radius 3 is 2.58 bits per heavy atom. The number of fused-ring (bicyclic) bond motifs is 1. The second kappa shape index (κ2) is 9.56. The van der Waals surface area contributed by atoms with Crippen LogP contribution in [0.5, 0.6) is 0 Å². The van der Waals surface area contributed by atoms with Gasteiger partial charge in [0.1, 0.15) is 11.6 Å². The summed E-state index contributed by atoms with van der Waals surface area (Å²) in [6.45, 7) is 0.900. The summed E-state index contributed by atoms with van der Waals surface area (Å²) in [5.74, 6) is -2.83. The van der Waals surface area contributed by atoms with Crippen molar-refractivity contribution in [1.29, 1.82) is 0 Å². The van der Waals surface area contributed by atoms with Gasteiger partial charge in [-0.1, -0.05) is 18.2 Å². The molecule has 3 heterocycles. The van der Waals surface area contributed by atoms with Gasteiger partial charge in [0.25, 0.3) is 11.8 Å². The lowest BCUT2D eigenvalue weighted by Gasteiger charge is -2.39. The standard InChI is InChI=1S/C28H32N4O6/c33-23(26(36)30-18-5-6-18)19(13-17-7-11-29-24(17)34)31-25(35)20-15-28(8-9-28)10-12-32(20)27(37)22-14-16-3-1-2-4-21(16)38-22/h1-4,14,17-20H,5-13,15H2,(H,29,34)(H,30,36)(H,31,35)/t17?,19-,20-/m0/s1. The molecule has 4 fully saturated rings. The van der Waals surface area contributed by atoms with E-state index in [-0.39, 0.29) is 35.5 Å². The van der Waals surface area contributed by atoms with E-state index in [0.717, 1.165) is 37.5 Å². The Bertz CT molecular complexity index is 1280. The average molecular weight is 521 g/mol. The molecule has 0 radical (unpaired) electrons. The van der Waals surface area contributed by atoms with Crippen LogP contribution in [0.25, 0.3) is 11.0 Å². The molecule has 2 aliphatic carbocycles.